The van der Waals surface area contributed by atoms with E-state index in [1.165, 1.54) is 25.8 Å². The van der Waals surface area contributed by atoms with Crippen LogP contribution in [-0.2, 0) is 4.74 Å². The minimum atomic E-state index is 0.401. The largest absolute Gasteiger partial charge is 0.377 e. The zero-order valence-corrected chi connectivity index (χ0v) is 11.9. The van der Waals surface area contributed by atoms with Crippen LogP contribution >= 0.6 is 0 Å². The molecule has 0 amide bonds. The van der Waals surface area contributed by atoms with Gasteiger partial charge in [0, 0.05) is 32.8 Å². The van der Waals surface area contributed by atoms with Gasteiger partial charge in [-0.05, 0) is 38.6 Å². The summed E-state index contributed by atoms with van der Waals surface area (Å²) in [6, 6.07) is 0. The van der Waals surface area contributed by atoms with Gasteiger partial charge in [-0.2, -0.15) is 0 Å². The monoisotopic (exact) mass is 242 g/mol. The Labute approximate surface area is 107 Å². The maximum absolute atomic E-state index is 5.64. The fourth-order valence-electron chi connectivity index (χ4n) is 2.28. The standard InChI is InChI=1S/C14H30N2O/c1-13(2)6-4-7-15-8-10-16-9-5-11-17-14(3)12-16/h13-15H,4-12H2,1-3H3. The van der Waals surface area contributed by atoms with Gasteiger partial charge in [-0.3, -0.25) is 4.90 Å². The van der Waals surface area contributed by atoms with Crippen LogP contribution in [0.5, 0.6) is 0 Å². The molecule has 3 heteroatoms. The topological polar surface area (TPSA) is 24.5 Å². The summed E-state index contributed by atoms with van der Waals surface area (Å²) >= 11 is 0. The molecule has 3 nitrogen and oxygen atoms in total. The van der Waals surface area contributed by atoms with Gasteiger partial charge in [-0.25, -0.2) is 0 Å². The second-order valence-electron chi connectivity index (χ2n) is 5.62. The van der Waals surface area contributed by atoms with Crippen LogP contribution in [0.25, 0.3) is 0 Å². The molecule has 1 aliphatic rings. The maximum atomic E-state index is 5.64. The van der Waals surface area contributed by atoms with Gasteiger partial charge in [0.15, 0.2) is 0 Å². The van der Waals surface area contributed by atoms with Crippen LogP contribution in [0.15, 0.2) is 0 Å². The second-order valence-corrected chi connectivity index (χ2v) is 5.62. The third-order valence-corrected chi connectivity index (χ3v) is 3.28. The van der Waals surface area contributed by atoms with E-state index in [9.17, 15) is 0 Å². The van der Waals surface area contributed by atoms with Gasteiger partial charge in [0.2, 0.25) is 0 Å². The number of hydrogen-bond acceptors (Lipinski definition) is 3. The van der Waals surface area contributed by atoms with E-state index < -0.39 is 0 Å². The van der Waals surface area contributed by atoms with E-state index >= 15 is 0 Å². The summed E-state index contributed by atoms with van der Waals surface area (Å²) in [7, 11) is 0. The lowest BCUT2D eigenvalue weighted by atomic mass is 10.1. The van der Waals surface area contributed by atoms with Gasteiger partial charge in [0.25, 0.3) is 0 Å². The van der Waals surface area contributed by atoms with Crippen LogP contribution in [0.1, 0.15) is 40.0 Å². The van der Waals surface area contributed by atoms with E-state index in [0.717, 1.165) is 38.7 Å². The van der Waals surface area contributed by atoms with Gasteiger partial charge in [0.1, 0.15) is 0 Å². The smallest absolute Gasteiger partial charge is 0.0673 e. The summed E-state index contributed by atoms with van der Waals surface area (Å²) in [5.41, 5.74) is 0. The zero-order chi connectivity index (χ0) is 12.5. The van der Waals surface area contributed by atoms with E-state index in [1.54, 1.807) is 0 Å². The van der Waals surface area contributed by atoms with E-state index in [-0.39, 0.29) is 0 Å². The Kier molecular flexibility index (Phi) is 7.82. The molecule has 0 aliphatic carbocycles. The number of ether oxygens (including phenoxy) is 1. The molecule has 1 atom stereocenters. The normalized spacial score (nSPS) is 22.9. The molecule has 0 bridgehead atoms. The van der Waals surface area contributed by atoms with Crippen molar-refractivity contribution in [1.82, 2.24) is 10.2 Å². The van der Waals surface area contributed by atoms with Gasteiger partial charge in [-0.1, -0.05) is 13.8 Å². The molecule has 1 fully saturated rings. The fraction of sp³-hybridized carbons (Fsp3) is 1.00. The highest BCUT2D eigenvalue weighted by molar-refractivity contribution is 4.67. The molecule has 1 heterocycles. The first-order valence-corrected chi connectivity index (χ1v) is 7.23. The molecular weight excluding hydrogens is 212 g/mol. The van der Waals surface area contributed by atoms with Crippen molar-refractivity contribution in [3.63, 3.8) is 0 Å². The maximum Gasteiger partial charge on any atom is 0.0673 e. The molecule has 1 saturated heterocycles. The van der Waals surface area contributed by atoms with Crippen LogP contribution in [0.4, 0.5) is 0 Å². The van der Waals surface area contributed by atoms with Gasteiger partial charge in [0.05, 0.1) is 6.10 Å². The Balaban J connectivity index is 1.97. The lowest BCUT2D eigenvalue weighted by Gasteiger charge is -2.21. The quantitative estimate of drug-likeness (QED) is 0.692. The van der Waals surface area contributed by atoms with E-state index in [0.29, 0.717) is 6.10 Å². The molecule has 0 aromatic heterocycles. The van der Waals surface area contributed by atoms with Crippen molar-refractivity contribution < 1.29 is 4.74 Å². The molecule has 17 heavy (non-hydrogen) atoms. The molecule has 1 rings (SSSR count). The van der Waals surface area contributed by atoms with Crippen molar-refractivity contribution in [1.29, 1.82) is 0 Å². The molecule has 0 radical (unpaired) electrons. The average Bonchev–Trinajstić information content (AvgIpc) is 2.47. The Morgan fingerprint density at radius 1 is 1.35 bits per heavy atom. The number of nitrogens with zero attached hydrogens (tertiary/aromatic N) is 1. The van der Waals surface area contributed by atoms with Crippen molar-refractivity contribution in [2.45, 2.75) is 46.1 Å². The van der Waals surface area contributed by atoms with Gasteiger partial charge < -0.3 is 10.1 Å². The van der Waals surface area contributed by atoms with Crippen LogP contribution < -0.4 is 5.32 Å². The molecule has 0 aromatic rings. The van der Waals surface area contributed by atoms with Crippen LogP contribution in [0.3, 0.4) is 0 Å². The first-order chi connectivity index (χ1) is 8.18. The summed E-state index contributed by atoms with van der Waals surface area (Å²) in [5, 5.41) is 3.54. The van der Waals surface area contributed by atoms with Crippen molar-refractivity contribution in [3.05, 3.63) is 0 Å². The van der Waals surface area contributed by atoms with Gasteiger partial charge in [-0.15, -0.1) is 0 Å². The second kappa shape index (κ2) is 8.90. The fourth-order valence-corrected chi connectivity index (χ4v) is 2.28. The molecule has 0 saturated carbocycles. The highest BCUT2D eigenvalue weighted by Crippen LogP contribution is 2.04. The number of nitrogens with one attached hydrogen (secondary N) is 1. The van der Waals surface area contributed by atoms with Crippen LogP contribution in [-0.4, -0.2) is 50.3 Å². The van der Waals surface area contributed by atoms with Crippen molar-refractivity contribution in [2.75, 3.05) is 39.3 Å². The van der Waals surface area contributed by atoms with Crippen molar-refractivity contribution >= 4 is 0 Å². The average molecular weight is 242 g/mol. The van der Waals surface area contributed by atoms with E-state index in [2.05, 4.69) is 31.0 Å². The third-order valence-electron chi connectivity index (χ3n) is 3.28. The third kappa shape index (κ3) is 7.74. The molecule has 1 N–H and O–H groups in total. The molecule has 102 valence electrons. The molecule has 0 spiro atoms. The molecule has 1 aliphatic heterocycles. The molecule has 1 unspecified atom stereocenters. The SMILES string of the molecule is CC(C)CCCNCCN1CCCOC(C)C1. The minimum absolute atomic E-state index is 0.401. The predicted molar refractivity (Wildman–Crippen MR) is 73.4 cm³/mol. The summed E-state index contributed by atoms with van der Waals surface area (Å²) in [6.07, 6.45) is 4.22. The minimum Gasteiger partial charge on any atom is -0.377 e. The number of hydrogen-bond donors (Lipinski definition) is 1. The van der Waals surface area contributed by atoms with Crippen LogP contribution in [0, 0.1) is 5.92 Å². The zero-order valence-electron chi connectivity index (χ0n) is 11.9. The first-order valence-electron chi connectivity index (χ1n) is 7.23. The highest BCUT2D eigenvalue weighted by Gasteiger charge is 2.13. The summed E-state index contributed by atoms with van der Waals surface area (Å²) in [4.78, 5) is 2.52. The molecule has 0 aromatic carbocycles. The predicted octanol–water partition coefficient (Wildman–Crippen LogP) is 2.12. The Morgan fingerprint density at radius 3 is 2.94 bits per heavy atom. The lowest BCUT2D eigenvalue weighted by molar-refractivity contribution is 0.0679. The Hall–Kier alpha value is -0.120. The highest BCUT2D eigenvalue weighted by atomic mass is 16.5. The van der Waals surface area contributed by atoms with Crippen molar-refractivity contribution in [3.8, 4) is 0 Å². The van der Waals surface area contributed by atoms with Gasteiger partial charge >= 0.3 is 0 Å². The molecular formula is C14H30N2O. The summed E-state index contributed by atoms with van der Waals surface area (Å²) in [6.45, 7) is 13.4. The van der Waals surface area contributed by atoms with E-state index in [4.69, 9.17) is 4.74 Å². The Bertz CT molecular complexity index is 185. The summed E-state index contributed by atoms with van der Waals surface area (Å²) in [5.74, 6) is 0.834. The van der Waals surface area contributed by atoms with Crippen LogP contribution in [0.2, 0.25) is 0 Å². The number of rotatable bonds is 7. The Morgan fingerprint density at radius 2 is 2.18 bits per heavy atom. The summed E-state index contributed by atoms with van der Waals surface area (Å²) < 4.78 is 5.64. The van der Waals surface area contributed by atoms with Crippen molar-refractivity contribution in [2.24, 2.45) is 5.92 Å². The lowest BCUT2D eigenvalue weighted by Crippen LogP contribution is -2.36. The first kappa shape index (κ1) is 14.9. The van der Waals surface area contributed by atoms with E-state index in [1.807, 2.05) is 0 Å².